The number of esters is 2. The molecule has 0 atom stereocenters. The van der Waals surface area contributed by atoms with E-state index >= 15 is 0 Å². The summed E-state index contributed by atoms with van der Waals surface area (Å²) in [7, 11) is 0. The van der Waals surface area contributed by atoms with Gasteiger partial charge in [-0.1, -0.05) is 31.2 Å². The molecule has 0 aliphatic carbocycles. The Balaban J connectivity index is 2.67. The van der Waals surface area contributed by atoms with Gasteiger partial charge in [-0.15, -0.1) is 0 Å². The predicted octanol–water partition coefficient (Wildman–Crippen LogP) is 2.29. The minimum Gasteiger partial charge on any atom is -0.466 e. The maximum Gasteiger partial charge on any atom is 0.310 e. The first-order valence-electron chi connectivity index (χ1n) is 6.55. The van der Waals surface area contributed by atoms with Crippen LogP contribution in [0.3, 0.4) is 0 Å². The summed E-state index contributed by atoms with van der Waals surface area (Å²) in [6, 6.07) is 7.35. The molecule has 0 aliphatic heterocycles. The molecule has 0 heterocycles. The Labute approximate surface area is 113 Å². The molecule has 0 fully saturated rings. The fourth-order valence-electron chi connectivity index (χ4n) is 1.69. The molecule has 4 nitrogen and oxygen atoms in total. The monoisotopic (exact) mass is 264 g/mol. The zero-order chi connectivity index (χ0) is 14.1. The Morgan fingerprint density at radius 2 is 1.47 bits per heavy atom. The largest absolute Gasteiger partial charge is 0.466 e. The van der Waals surface area contributed by atoms with Crippen LogP contribution in [0.15, 0.2) is 24.3 Å². The van der Waals surface area contributed by atoms with Gasteiger partial charge in [0.2, 0.25) is 0 Å². The van der Waals surface area contributed by atoms with E-state index in [9.17, 15) is 9.59 Å². The van der Waals surface area contributed by atoms with Gasteiger partial charge in [-0.2, -0.15) is 0 Å². The highest BCUT2D eigenvalue weighted by Gasteiger charge is 2.12. The smallest absolute Gasteiger partial charge is 0.310 e. The summed E-state index contributed by atoms with van der Waals surface area (Å²) in [6.07, 6.45) is 1.18. The Bertz CT molecular complexity index is 426. The molecule has 0 aromatic heterocycles. The number of ether oxygens (including phenoxy) is 2. The number of hydrogen-bond acceptors (Lipinski definition) is 4. The van der Waals surface area contributed by atoms with E-state index in [1.165, 1.54) is 0 Å². The minimum atomic E-state index is -0.281. The third kappa shape index (κ3) is 5.55. The number of carbonyl (C=O) groups excluding carboxylic acids is 2. The summed E-state index contributed by atoms with van der Waals surface area (Å²) in [5.74, 6) is -0.546. The molecule has 1 aromatic carbocycles. The highest BCUT2D eigenvalue weighted by Crippen LogP contribution is 2.12. The highest BCUT2D eigenvalue weighted by atomic mass is 16.5. The van der Waals surface area contributed by atoms with Crippen LogP contribution < -0.4 is 0 Å². The predicted molar refractivity (Wildman–Crippen MR) is 71.7 cm³/mol. The molecular formula is C15H20O4. The molecular weight excluding hydrogens is 244 g/mol. The van der Waals surface area contributed by atoms with Gasteiger partial charge in [0.1, 0.15) is 0 Å². The van der Waals surface area contributed by atoms with Crippen molar-refractivity contribution in [3.8, 4) is 0 Å². The van der Waals surface area contributed by atoms with Gasteiger partial charge in [0.05, 0.1) is 26.1 Å². The van der Waals surface area contributed by atoms with Crippen molar-refractivity contribution in [1.29, 1.82) is 0 Å². The average Bonchev–Trinajstić information content (AvgIpc) is 2.39. The average molecular weight is 264 g/mol. The third-order valence-electron chi connectivity index (χ3n) is 2.56. The molecule has 0 N–H and O–H groups in total. The number of hydrogen-bond donors (Lipinski definition) is 0. The fraction of sp³-hybridized carbons (Fsp3) is 0.467. The van der Waals surface area contributed by atoms with Crippen LogP contribution >= 0.6 is 0 Å². The normalized spacial score (nSPS) is 10.0. The van der Waals surface area contributed by atoms with Gasteiger partial charge < -0.3 is 9.47 Å². The zero-order valence-corrected chi connectivity index (χ0v) is 11.5. The molecule has 0 saturated carbocycles. The van der Waals surface area contributed by atoms with E-state index in [1.807, 2.05) is 31.2 Å². The maximum absolute atomic E-state index is 11.6. The van der Waals surface area contributed by atoms with Gasteiger partial charge in [0.15, 0.2) is 0 Å². The van der Waals surface area contributed by atoms with Crippen molar-refractivity contribution in [3.63, 3.8) is 0 Å². The lowest BCUT2D eigenvalue weighted by atomic mass is 10.0. The second-order valence-electron chi connectivity index (χ2n) is 4.15. The van der Waals surface area contributed by atoms with Crippen molar-refractivity contribution in [2.45, 2.75) is 33.1 Å². The third-order valence-corrected chi connectivity index (χ3v) is 2.56. The van der Waals surface area contributed by atoms with Crippen LogP contribution in [-0.4, -0.2) is 25.2 Å². The van der Waals surface area contributed by atoms with Crippen LogP contribution in [0.25, 0.3) is 0 Å². The standard InChI is InChI=1S/C15H20O4/c1-3-9-19-15(17)11-13-8-6-5-7-12(13)10-14(16)18-4-2/h5-8H,3-4,9-11H2,1-2H3. The topological polar surface area (TPSA) is 52.6 Å². The van der Waals surface area contributed by atoms with Gasteiger partial charge >= 0.3 is 11.9 Å². The molecule has 0 spiro atoms. The maximum atomic E-state index is 11.6. The van der Waals surface area contributed by atoms with Crippen molar-refractivity contribution in [3.05, 3.63) is 35.4 Å². The molecule has 1 rings (SSSR count). The first kappa shape index (κ1) is 15.2. The zero-order valence-electron chi connectivity index (χ0n) is 11.5. The van der Waals surface area contributed by atoms with E-state index in [0.29, 0.717) is 13.2 Å². The van der Waals surface area contributed by atoms with Gasteiger partial charge in [-0.25, -0.2) is 0 Å². The summed E-state index contributed by atoms with van der Waals surface area (Å²) in [4.78, 5) is 23.1. The lowest BCUT2D eigenvalue weighted by Crippen LogP contribution is -2.13. The van der Waals surface area contributed by atoms with Crippen molar-refractivity contribution >= 4 is 11.9 Å². The Kier molecular flexibility index (Phi) is 6.64. The van der Waals surface area contributed by atoms with Crippen LogP contribution in [0.5, 0.6) is 0 Å². The second kappa shape index (κ2) is 8.29. The summed E-state index contributed by atoms with van der Waals surface area (Å²) in [5, 5.41) is 0. The molecule has 1 aromatic rings. The molecule has 4 heteroatoms. The summed E-state index contributed by atoms with van der Waals surface area (Å²) in [5.41, 5.74) is 1.63. The second-order valence-corrected chi connectivity index (χ2v) is 4.15. The van der Waals surface area contributed by atoms with Crippen molar-refractivity contribution in [2.75, 3.05) is 13.2 Å². The van der Waals surface area contributed by atoms with E-state index in [4.69, 9.17) is 9.47 Å². The lowest BCUT2D eigenvalue weighted by molar-refractivity contribution is -0.144. The van der Waals surface area contributed by atoms with Crippen LogP contribution in [0.1, 0.15) is 31.4 Å². The Hall–Kier alpha value is -1.84. The molecule has 104 valence electrons. The van der Waals surface area contributed by atoms with Gasteiger partial charge in [-0.05, 0) is 24.5 Å². The van der Waals surface area contributed by atoms with E-state index in [2.05, 4.69) is 0 Å². The van der Waals surface area contributed by atoms with Gasteiger partial charge in [0.25, 0.3) is 0 Å². The summed E-state index contributed by atoms with van der Waals surface area (Å²) < 4.78 is 9.96. The van der Waals surface area contributed by atoms with E-state index in [-0.39, 0.29) is 24.8 Å². The Morgan fingerprint density at radius 1 is 0.947 bits per heavy atom. The number of rotatable bonds is 7. The van der Waals surface area contributed by atoms with E-state index in [1.54, 1.807) is 6.92 Å². The highest BCUT2D eigenvalue weighted by molar-refractivity contribution is 5.76. The van der Waals surface area contributed by atoms with Gasteiger partial charge in [-0.3, -0.25) is 9.59 Å². The SMILES string of the molecule is CCCOC(=O)Cc1ccccc1CC(=O)OCC. The van der Waals surface area contributed by atoms with Crippen LogP contribution in [-0.2, 0) is 31.9 Å². The van der Waals surface area contributed by atoms with E-state index in [0.717, 1.165) is 17.5 Å². The quantitative estimate of drug-likeness (QED) is 0.709. The molecule has 0 aliphatic rings. The molecule has 19 heavy (non-hydrogen) atoms. The summed E-state index contributed by atoms with van der Waals surface area (Å²) >= 11 is 0. The molecule has 0 bridgehead atoms. The molecule has 0 amide bonds. The first-order chi connectivity index (χ1) is 9.17. The van der Waals surface area contributed by atoms with E-state index < -0.39 is 0 Å². The Morgan fingerprint density at radius 3 is 1.95 bits per heavy atom. The molecule has 0 saturated heterocycles. The fourth-order valence-corrected chi connectivity index (χ4v) is 1.69. The molecule has 0 radical (unpaired) electrons. The van der Waals surface area contributed by atoms with Crippen LogP contribution in [0.4, 0.5) is 0 Å². The first-order valence-corrected chi connectivity index (χ1v) is 6.55. The van der Waals surface area contributed by atoms with Crippen LogP contribution in [0, 0.1) is 0 Å². The van der Waals surface area contributed by atoms with Crippen LogP contribution in [0.2, 0.25) is 0 Å². The van der Waals surface area contributed by atoms with Crippen molar-refractivity contribution in [2.24, 2.45) is 0 Å². The number of carbonyl (C=O) groups is 2. The minimum absolute atomic E-state index is 0.186. The number of benzene rings is 1. The van der Waals surface area contributed by atoms with Crippen molar-refractivity contribution in [1.82, 2.24) is 0 Å². The van der Waals surface area contributed by atoms with Gasteiger partial charge in [0, 0.05) is 0 Å². The lowest BCUT2D eigenvalue weighted by Gasteiger charge is -2.09. The summed E-state index contributed by atoms with van der Waals surface area (Å²) in [6.45, 7) is 4.51. The van der Waals surface area contributed by atoms with Crippen molar-refractivity contribution < 1.29 is 19.1 Å². The molecule has 0 unspecified atom stereocenters.